The Labute approximate surface area is 163 Å². The Bertz CT molecular complexity index is 638. The Hall–Kier alpha value is -2.69. The Morgan fingerprint density at radius 1 is 1.14 bits per heavy atom. The molecule has 4 unspecified atom stereocenters. The van der Waals surface area contributed by atoms with Gasteiger partial charge in [0, 0.05) is 6.54 Å². The Morgan fingerprint density at radius 2 is 1.75 bits per heavy atom. The minimum absolute atomic E-state index is 0.109. The highest BCUT2D eigenvalue weighted by molar-refractivity contribution is 5.96. The van der Waals surface area contributed by atoms with Crippen molar-refractivity contribution in [2.45, 2.75) is 64.2 Å². The molecule has 158 valence electrons. The summed E-state index contributed by atoms with van der Waals surface area (Å²) in [5.74, 6) is -4.05. The first kappa shape index (κ1) is 23.3. The van der Waals surface area contributed by atoms with Gasteiger partial charge in [0.15, 0.2) is 0 Å². The summed E-state index contributed by atoms with van der Waals surface area (Å²) in [4.78, 5) is 61.0. The number of carbonyl (C=O) groups excluding carboxylic acids is 4. The molecule has 1 rings (SSSR count). The van der Waals surface area contributed by atoms with E-state index in [4.69, 9.17) is 16.6 Å². The molecule has 1 aliphatic rings. The summed E-state index contributed by atoms with van der Waals surface area (Å²) >= 11 is 0. The zero-order valence-electron chi connectivity index (χ0n) is 16.3. The number of carbonyl (C=O) groups is 5. The molecule has 4 atom stereocenters. The van der Waals surface area contributed by atoms with Crippen molar-refractivity contribution in [3.05, 3.63) is 0 Å². The van der Waals surface area contributed by atoms with E-state index in [0.717, 1.165) is 0 Å². The number of likely N-dealkylation sites (tertiary alicyclic amines) is 1. The van der Waals surface area contributed by atoms with Gasteiger partial charge in [0.2, 0.25) is 23.6 Å². The topological polar surface area (TPSA) is 185 Å². The molecule has 28 heavy (non-hydrogen) atoms. The van der Waals surface area contributed by atoms with Crippen molar-refractivity contribution in [1.29, 1.82) is 0 Å². The van der Waals surface area contributed by atoms with Crippen LogP contribution in [-0.4, -0.2) is 70.3 Å². The lowest BCUT2D eigenvalue weighted by Crippen LogP contribution is -2.57. The third kappa shape index (κ3) is 6.19. The molecule has 0 aliphatic carbocycles. The number of hydrogen-bond acceptors (Lipinski definition) is 6. The first-order valence-electron chi connectivity index (χ1n) is 9.13. The van der Waals surface area contributed by atoms with E-state index in [0.29, 0.717) is 19.4 Å². The van der Waals surface area contributed by atoms with Crippen LogP contribution in [0.1, 0.15) is 40.0 Å². The number of nitrogens with one attached hydrogen (secondary N) is 2. The van der Waals surface area contributed by atoms with Gasteiger partial charge in [0.25, 0.3) is 0 Å². The van der Waals surface area contributed by atoms with Gasteiger partial charge in [0.1, 0.15) is 18.1 Å². The highest BCUT2D eigenvalue weighted by Crippen LogP contribution is 2.20. The molecule has 1 saturated heterocycles. The Morgan fingerprint density at radius 3 is 2.25 bits per heavy atom. The average molecular weight is 399 g/mol. The number of hydrogen-bond donors (Lipinski definition) is 5. The lowest BCUT2D eigenvalue weighted by atomic mass is 10.0. The monoisotopic (exact) mass is 399 g/mol. The quantitative estimate of drug-likeness (QED) is 0.294. The molecule has 4 amide bonds. The maximum absolute atomic E-state index is 12.7. The molecule has 0 spiro atoms. The van der Waals surface area contributed by atoms with Crippen LogP contribution in [0.4, 0.5) is 0 Å². The van der Waals surface area contributed by atoms with Crippen LogP contribution in [0.5, 0.6) is 0 Å². The number of nitrogens with zero attached hydrogens (tertiary/aromatic N) is 1. The van der Waals surface area contributed by atoms with Gasteiger partial charge in [-0.1, -0.05) is 13.8 Å². The number of carboxylic acids is 1. The van der Waals surface area contributed by atoms with Gasteiger partial charge in [-0.2, -0.15) is 0 Å². The van der Waals surface area contributed by atoms with Crippen molar-refractivity contribution < 1.29 is 29.1 Å². The van der Waals surface area contributed by atoms with Crippen LogP contribution in [0, 0.1) is 5.92 Å². The van der Waals surface area contributed by atoms with Gasteiger partial charge in [-0.25, -0.2) is 0 Å². The number of nitrogens with two attached hydrogens (primary N) is 2. The molecule has 11 heteroatoms. The Kier molecular flexibility index (Phi) is 8.35. The lowest BCUT2D eigenvalue weighted by Gasteiger charge is -2.29. The molecule has 0 aromatic carbocycles. The second kappa shape index (κ2) is 10.0. The van der Waals surface area contributed by atoms with E-state index in [2.05, 4.69) is 10.6 Å². The number of primary amides is 1. The molecule has 7 N–H and O–H groups in total. The standard InChI is InChI=1S/C17H29N5O6/c1-8(2)13(19)16(26)22-6-4-5-11(22)15(25)21-10(7-12(18)23)14(24)20-9(3)17(27)28/h8-11,13H,4-7,19H2,1-3H3,(H2,18,23)(H,20,24)(H,21,25)(H,27,28). The first-order valence-corrected chi connectivity index (χ1v) is 9.13. The summed E-state index contributed by atoms with van der Waals surface area (Å²) in [6.07, 6.45) is 0.478. The summed E-state index contributed by atoms with van der Waals surface area (Å²) in [6, 6.07) is -4.14. The molecule has 1 fully saturated rings. The van der Waals surface area contributed by atoms with Gasteiger partial charge in [-0.15, -0.1) is 0 Å². The van der Waals surface area contributed by atoms with Crippen molar-refractivity contribution in [1.82, 2.24) is 15.5 Å². The second-order valence-corrected chi connectivity index (χ2v) is 7.26. The van der Waals surface area contributed by atoms with Crippen molar-refractivity contribution in [2.24, 2.45) is 17.4 Å². The van der Waals surface area contributed by atoms with E-state index >= 15 is 0 Å². The van der Waals surface area contributed by atoms with Crippen LogP contribution in [0.3, 0.4) is 0 Å². The third-order valence-corrected chi connectivity index (χ3v) is 4.61. The molecule has 11 nitrogen and oxygen atoms in total. The van der Waals surface area contributed by atoms with E-state index < -0.39 is 54.3 Å². The first-order chi connectivity index (χ1) is 13.0. The predicted octanol–water partition coefficient (Wildman–Crippen LogP) is -2.09. The van der Waals surface area contributed by atoms with E-state index in [9.17, 15) is 24.0 Å². The van der Waals surface area contributed by atoms with Crippen molar-refractivity contribution in [3.8, 4) is 0 Å². The zero-order valence-corrected chi connectivity index (χ0v) is 16.3. The van der Waals surface area contributed by atoms with Crippen LogP contribution < -0.4 is 22.1 Å². The minimum Gasteiger partial charge on any atom is -0.480 e. The summed E-state index contributed by atoms with van der Waals surface area (Å²) in [6.45, 7) is 5.20. The molecule has 0 bridgehead atoms. The largest absolute Gasteiger partial charge is 0.480 e. The van der Waals surface area contributed by atoms with Crippen LogP contribution in [0.25, 0.3) is 0 Å². The molecular weight excluding hydrogens is 370 g/mol. The van der Waals surface area contributed by atoms with Crippen molar-refractivity contribution in [3.63, 3.8) is 0 Å². The zero-order chi connectivity index (χ0) is 21.6. The molecule has 0 aromatic rings. The highest BCUT2D eigenvalue weighted by Gasteiger charge is 2.38. The molecule has 0 aromatic heterocycles. The van der Waals surface area contributed by atoms with Crippen molar-refractivity contribution >= 4 is 29.6 Å². The maximum Gasteiger partial charge on any atom is 0.325 e. The number of aliphatic carboxylic acids is 1. The van der Waals surface area contributed by atoms with Gasteiger partial charge in [-0.3, -0.25) is 24.0 Å². The number of amides is 4. The summed E-state index contributed by atoms with van der Waals surface area (Å²) in [5, 5.41) is 13.5. The lowest BCUT2D eigenvalue weighted by molar-refractivity contribution is -0.143. The van der Waals surface area contributed by atoms with Crippen LogP contribution in [-0.2, 0) is 24.0 Å². The molecule has 1 heterocycles. The molecule has 0 saturated carbocycles. The fraction of sp³-hybridized carbons (Fsp3) is 0.706. The van der Waals surface area contributed by atoms with E-state index in [1.54, 1.807) is 13.8 Å². The minimum atomic E-state index is -1.34. The average Bonchev–Trinajstić information content (AvgIpc) is 3.08. The summed E-state index contributed by atoms with van der Waals surface area (Å²) in [5.41, 5.74) is 11.0. The summed E-state index contributed by atoms with van der Waals surface area (Å²) < 4.78 is 0. The van der Waals surface area contributed by atoms with Crippen LogP contribution in [0.15, 0.2) is 0 Å². The second-order valence-electron chi connectivity index (χ2n) is 7.26. The molecule has 0 radical (unpaired) electrons. The summed E-state index contributed by atoms with van der Waals surface area (Å²) in [7, 11) is 0. The SMILES string of the molecule is CC(NC(=O)C(CC(N)=O)NC(=O)C1CCCN1C(=O)C(N)C(C)C)C(=O)O. The number of rotatable bonds is 9. The van der Waals surface area contributed by atoms with Gasteiger partial charge < -0.3 is 32.1 Å². The predicted molar refractivity (Wildman–Crippen MR) is 98.5 cm³/mol. The van der Waals surface area contributed by atoms with Gasteiger partial charge >= 0.3 is 5.97 Å². The third-order valence-electron chi connectivity index (χ3n) is 4.61. The number of carboxylic acid groups (broad SMARTS) is 1. The molecular formula is C17H29N5O6. The maximum atomic E-state index is 12.7. The van der Waals surface area contributed by atoms with Crippen LogP contribution >= 0.6 is 0 Å². The van der Waals surface area contributed by atoms with Crippen molar-refractivity contribution in [2.75, 3.05) is 6.54 Å². The fourth-order valence-corrected chi connectivity index (χ4v) is 2.83. The van der Waals surface area contributed by atoms with E-state index in [-0.39, 0.29) is 11.8 Å². The highest BCUT2D eigenvalue weighted by atomic mass is 16.4. The van der Waals surface area contributed by atoms with Gasteiger partial charge in [0.05, 0.1) is 12.5 Å². The molecule has 1 aliphatic heterocycles. The van der Waals surface area contributed by atoms with Crippen LogP contribution in [0.2, 0.25) is 0 Å². The fourth-order valence-electron chi connectivity index (χ4n) is 2.83. The van der Waals surface area contributed by atoms with E-state index in [1.807, 2.05) is 0 Å². The van der Waals surface area contributed by atoms with E-state index in [1.165, 1.54) is 11.8 Å². The van der Waals surface area contributed by atoms with Gasteiger partial charge in [-0.05, 0) is 25.7 Å². The Balaban J connectivity index is 2.88. The normalized spacial score (nSPS) is 19.6. The smallest absolute Gasteiger partial charge is 0.325 e.